The Morgan fingerprint density at radius 1 is 0.741 bits per heavy atom. The van der Waals surface area contributed by atoms with Crippen molar-refractivity contribution in [3.63, 3.8) is 0 Å². The number of H-pyrrole nitrogens is 2. The van der Waals surface area contributed by atoms with Crippen LogP contribution in [0, 0.1) is 0 Å². The van der Waals surface area contributed by atoms with Crippen molar-refractivity contribution >= 4 is 10.9 Å². The number of aromatic hydroxyl groups is 1. The van der Waals surface area contributed by atoms with Crippen molar-refractivity contribution in [2.75, 3.05) is 0 Å². The Morgan fingerprint density at radius 2 is 1.48 bits per heavy atom. The van der Waals surface area contributed by atoms with Gasteiger partial charge in [0.15, 0.2) is 0 Å². The smallest absolute Gasteiger partial charge is 0.115 e. The lowest BCUT2D eigenvalue weighted by Crippen LogP contribution is -1.75. The Bertz CT molecular complexity index is 890. The zero-order chi connectivity index (χ0) is 19.5. The quantitative estimate of drug-likeness (QED) is 0.396. The lowest BCUT2D eigenvalue weighted by atomic mass is 10.1. The van der Waals surface area contributed by atoms with E-state index in [2.05, 4.69) is 67.3 Å². The Hall–Kier alpha value is -2.94. The molecule has 27 heavy (non-hydrogen) atoms. The third-order valence-electron chi connectivity index (χ3n) is 4.44. The molecule has 0 saturated heterocycles. The lowest BCUT2D eigenvalue weighted by molar-refractivity contribution is 0.475. The van der Waals surface area contributed by atoms with E-state index in [4.69, 9.17) is 5.11 Å². The molecule has 0 aliphatic rings. The summed E-state index contributed by atoms with van der Waals surface area (Å²) in [7, 11) is 0. The van der Waals surface area contributed by atoms with Crippen molar-refractivity contribution in [3.8, 4) is 5.75 Å². The van der Waals surface area contributed by atoms with Crippen LogP contribution in [0.5, 0.6) is 5.75 Å². The van der Waals surface area contributed by atoms with Crippen molar-refractivity contribution < 1.29 is 5.11 Å². The van der Waals surface area contributed by atoms with Crippen LogP contribution in [0.25, 0.3) is 10.9 Å². The van der Waals surface area contributed by atoms with Gasteiger partial charge in [0.2, 0.25) is 0 Å². The Morgan fingerprint density at radius 3 is 2.04 bits per heavy atom. The number of benzene rings is 2. The van der Waals surface area contributed by atoms with Gasteiger partial charge in [-0.15, -0.1) is 0 Å². The number of para-hydroxylation sites is 1. The molecule has 2 aromatic carbocycles. The van der Waals surface area contributed by atoms with E-state index < -0.39 is 0 Å². The zero-order valence-corrected chi connectivity index (χ0v) is 16.5. The molecular formula is C24H30N2O. The second kappa shape index (κ2) is 10.9. The van der Waals surface area contributed by atoms with Gasteiger partial charge in [0.1, 0.15) is 5.75 Å². The predicted molar refractivity (Wildman–Crippen MR) is 115 cm³/mol. The molecule has 0 spiro atoms. The SMILES string of the molecule is CCc1c[nH]c2ccccc12.CCc1ccc(O)cc1.CCc1ccc[nH]1. The van der Waals surface area contributed by atoms with Gasteiger partial charge >= 0.3 is 0 Å². The molecule has 142 valence electrons. The van der Waals surface area contributed by atoms with Crippen molar-refractivity contribution in [1.82, 2.24) is 9.97 Å². The van der Waals surface area contributed by atoms with Gasteiger partial charge < -0.3 is 15.1 Å². The fourth-order valence-corrected chi connectivity index (χ4v) is 2.74. The number of aryl methyl sites for hydroxylation is 3. The van der Waals surface area contributed by atoms with E-state index in [9.17, 15) is 0 Å². The summed E-state index contributed by atoms with van der Waals surface area (Å²) in [6.45, 7) is 6.40. The van der Waals surface area contributed by atoms with Crippen LogP contribution >= 0.6 is 0 Å². The molecule has 0 bridgehead atoms. The molecule has 0 unspecified atom stereocenters. The molecule has 3 N–H and O–H groups in total. The number of aromatic amines is 2. The standard InChI is InChI=1S/C10H11N.C8H10O.C6H9N/c1-2-8-7-11-10-6-4-3-5-9(8)10;1-2-7-3-5-8(9)6-4-7;1-2-6-4-3-5-7-6/h3-7,11H,2H2,1H3;3-6,9H,2H2,1H3;3-5,7H,2H2,1H3. The molecule has 2 aromatic heterocycles. The van der Waals surface area contributed by atoms with Crippen LogP contribution in [0.2, 0.25) is 0 Å². The summed E-state index contributed by atoms with van der Waals surface area (Å²) in [5.41, 5.74) is 5.21. The van der Waals surface area contributed by atoms with Gasteiger partial charge in [0, 0.05) is 29.0 Å². The summed E-state index contributed by atoms with van der Waals surface area (Å²) >= 11 is 0. The third-order valence-corrected chi connectivity index (χ3v) is 4.44. The minimum atomic E-state index is 0.340. The Kier molecular flexibility index (Phi) is 8.24. The number of nitrogens with one attached hydrogen (secondary N) is 2. The lowest BCUT2D eigenvalue weighted by Gasteiger charge is -1.93. The maximum atomic E-state index is 8.85. The van der Waals surface area contributed by atoms with Crippen molar-refractivity contribution in [2.45, 2.75) is 40.0 Å². The van der Waals surface area contributed by atoms with Crippen molar-refractivity contribution in [3.05, 3.63) is 89.9 Å². The van der Waals surface area contributed by atoms with Gasteiger partial charge in [0.05, 0.1) is 0 Å². The predicted octanol–water partition coefficient (Wildman–Crippen LogP) is 6.26. The summed E-state index contributed by atoms with van der Waals surface area (Å²) in [5, 5.41) is 10.2. The third kappa shape index (κ3) is 6.37. The summed E-state index contributed by atoms with van der Waals surface area (Å²) < 4.78 is 0. The number of hydrogen-bond acceptors (Lipinski definition) is 1. The van der Waals surface area contributed by atoms with Crippen LogP contribution in [0.3, 0.4) is 0 Å². The summed E-state index contributed by atoms with van der Waals surface area (Å²) in [6, 6.07) is 19.8. The van der Waals surface area contributed by atoms with Gasteiger partial charge in [-0.05, 0) is 60.7 Å². The number of aromatic nitrogens is 2. The minimum Gasteiger partial charge on any atom is -0.508 e. The summed E-state index contributed by atoms with van der Waals surface area (Å²) in [5.74, 6) is 0.340. The van der Waals surface area contributed by atoms with Crippen LogP contribution in [-0.4, -0.2) is 15.1 Å². The maximum absolute atomic E-state index is 8.85. The number of phenols is 1. The normalized spacial score (nSPS) is 9.89. The van der Waals surface area contributed by atoms with E-state index in [0.29, 0.717) is 5.75 Å². The highest BCUT2D eigenvalue weighted by Crippen LogP contribution is 2.17. The Labute approximate surface area is 162 Å². The van der Waals surface area contributed by atoms with Gasteiger partial charge in [-0.3, -0.25) is 0 Å². The summed E-state index contributed by atoms with van der Waals surface area (Å²) in [6.07, 6.45) is 7.26. The maximum Gasteiger partial charge on any atom is 0.115 e. The monoisotopic (exact) mass is 362 g/mol. The molecule has 0 aliphatic heterocycles. The van der Waals surface area contributed by atoms with E-state index in [1.54, 1.807) is 12.1 Å². The fraction of sp³-hybridized carbons (Fsp3) is 0.250. The molecule has 0 saturated carbocycles. The number of rotatable bonds is 3. The van der Waals surface area contributed by atoms with Crippen molar-refractivity contribution in [2.24, 2.45) is 0 Å². The van der Waals surface area contributed by atoms with E-state index in [-0.39, 0.29) is 0 Å². The molecule has 0 fully saturated rings. The molecule has 0 atom stereocenters. The second-order valence-electron chi connectivity index (χ2n) is 6.28. The average Bonchev–Trinajstić information content (AvgIpc) is 3.39. The van der Waals surface area contributed by atoms with E-state index in [0.717, 1.165) is 19.3 Å². The summed E-state index contributed by atoms with van der Waals surface area (Å²) in [4.78, 5) is 6.33. The average molecular weight is 363 g/mol. The molecule has 4 rings (SSSR count). The van der Waals surface area contributed by atoms with Gasteiger partial charge in [0.25, 0.3) is 0 Å². The number of hydrogen-bond donors (Lipinski definition) is 3. The van der Waals surface area contributed by atoms with Gasteiger partial charge in [-0.2, -0.15) is 0 Å². The van der Waals surface area contributed by atoms with Crippen LogP contribution in [-0.2, 0) is 19.3 Å². The van der Waals surface area contributed by atoms with Gasteiger partial charge in [-0.25, -0.2) is 0 Å². The van der Waals surface area contributed by atoms with Crippen molar-refractivity contribution in [1.29, 1.82) is 0 Å². The zero-order valence-electron chi connectivity index (χ0n) is 16.5. The van der Waals surface area contributed by atoms with Crippen LogP contribution in [0.15, 0.2) is 73.1 Å². The van der Waals surface area contributed by atoms with Crippen LogP contribution < -0.4 is 0 Å². The molecule has 3 heteroatoms. The van der Waals surface area contributed by atoms with Gasteiger partial charge in [-0.1, -0.05) is 51.1 Å². The van der Waals surface area contributed by atoms with Crippen LogP contribution in [0.4, 0.5) is 0 Å². The second-order valence-corrected chi connectivity index (χ2v) is 6.28. The topological polar surface area (TPSA) is 51.8 Å². The highest BCUT2D eigenvalue weighted by Gasteiger charge is 1.98. The van der Waals surface area contributed by atoms with Crippen LogP contribution in [0.1, 0.15) is 37.6 Å². The number of phenolic OH excluding ortho intramolecular Hbond substituents is 1. The fourth-order valence-electron chi connectivity index (χ4n) is 2.74. The molecule has 0 radical (unpaired) electrons. The first-order valence-corrected chi connectivity index (χ1v) is 9.63. The molecule has 3 nitrogen and oxygen atoms in total. The molecular weight excluding hydrogens is 332 g/mol. The largest absolute Gasteiger partial charge is 0.508 e. The molecule has 2 heterocycles. The van der Waals surface area contributed by atoms with E-state index in [1.807, 2.05) is 24.4 Å². The van der Waals surface area contributed by atoms with E-state index in [1.165, 1.54) is 27.7 Å². The minimum absolute atomic E-state index is 0.340. The Balaban J connectivity index is 0.000000149. The first kappa shape index (κ1) is 20.4. The highest BCUT2D eigenvalue weighted by molar-refractivity contribution is 5.82. The number of fused-ring (bicyclic) bond motifs is 1. The molecule has 0 aliphatic carbocycles. The highest BCUT2D eigenvalue weighted by atomic mass is 16.3. The molecule has 4 aromatic rings. The first-order valence-electron chi connectivity index (χ1n) is 9.63. The van der Waals surface area contributed by atoms with E-state index >= 15 is 0 Å². The first-order chi connectivity index (χ1) is 13.2. The molecule has 0 amide bonds.